The first-order valence-corrected chi connectivity index (χ1v) is 6.90. The highest BCUT2D eigenvalue weighted by atomic mass is 19.1. The number of carbonyl (C=O) groups is 1. The summed E-state index contributed by atoms with van der Waals surface area (Å²) in [4.78, 5) is 12.2. The summed E-state index contributed by atoms with van der Waals surface area (Å²) in [6, 6.07) is 11.5. The van der Waals surface area contributed by atoms with E-state index in [0.29, 0.717) is 43.1 Å². The molecule has 1 aliphatic rings. The van der Waals surface area contributed by atoms with Crippen LogP contribution in [0.1, 0.15) is 22.3 Å². The lowest BCUT2D eigenvalue weighted by molar-refractivity contribution is 0.0981. The number of halogens is 1. The average molecular weight is 286 g/mol. The minimum atomic E-state index is -0.267. The number of benzene rings is 2. The first-order valence-electron chi connectivity index (χ1n) is 6.90. The number of rotatable bonds is 4. The summed E-state index contributed by atoms with van der Waals surface area (Å²) < 4.78 is 23.7. The Bertz CT molecular complexity index is 650. The molecule has 0 atom stereocenters. The number of fused-ring (bicyclic) bond motifs is 1. The monoisotopic (exact) mass is 286 g/mol. The van der Waals surface area contributed by atoms with Crippen molar-refractivity contribution in [3.63, 3.8) is 0 Å². The Hall–Kier alpha value is -2.36. The van der Waals surface area contributed by atoms with E-state index in [-0.39, 0.29) is 11.6 Å². The molecule has 2 aromatic rings. The largest absolute Gasteiger partial charge is 0.486 e. The van der Waals surface area contributed by atoms with Crippen molar-refractivity contribution in [2.45, 2.75) is 12.8 Å². The third-order valence-electron chi connectivity index (χ3n) is 3.42. The molecule has 0 amide bonds. The standard InChI is InChI=1S/C17H15FO3/c18-14-5-1-12(2-6-14)3-7-15(19)13-4-8-16-17(11-13)21-10-9-20-16/h1-2,4-6,8,11H,3,7,9-10H2. The molecule has 3 rings (SSSR count). The molecule has 0 saturated heterocycles. The van der Waals surface area contributed by atoms with Gasteiger partial charge in [-0.1, -0.05) is 12.1 Å². The first-order chi connectivity index (χ1) is 10.2. The normalized spacial score (nSPS) is 13.0. The van der Waals surface area contributed by atoms with Crippen molar-refractivity contribution >= 4 is 5.78 Å². The SMILES string of the molecule is O=C(CCc1ccc(F)cc1)c1ccc2c(c1)OCCO2. The highest BCUT2D eigenvalue weighted by Crippen LogP contribution is 2.31. The molecule has 2 aromatic carbocycles. The summed E-state index contributed by atoms with van der Waals surface area (Å²) in [5.41, 5.74) is 1.56. The zero-order valence-electron chi connectivity index (χ0n) is 11.5. The topological polar surface area (TPSA) is 35.5 Å². The Kier molecular flexibility index (Phi) is 3.86. The van der Waals surface area contributed by atoms with E-state index in [1.807, 2.05) is 0 Å². The van der Waals surface area contributed by atoms with E-state index in [4.69, 9.17) is 9.47 Å². The fourth-order valence-corrected chi connectivity index (χ4v) is 2.27. The molecule has 0 bridgehead atoms. The van der Waals surface area contributed by atoms with Gasteiger partial charge in [-0.15, -0.1) is 0 Å². The molecule has 108 valence electrons. The number of hydrogen-bond donors (Lipinski definition) is 0. The maximum Gasteiger partial charge on any atom is 0.163 e. The van der Waals surface area contributed by atoms with Crippen LogP contribution >= 0.6 is 0 Å². The van der Waals surface area contributed by atoms with Crippen LogP contribution in [0.5, 0.6) is 11.5 Å². The van der Waals surface area contributed by atoms with Gasteiger partial charge >= 0.3 is 0 Å². The fraction of sp³-hybridized carbons (Fsp3) is 0.235. The van der Waals surface area contributed by atoms with E-state index in [1.54, 1.807) is 30.3 Å². The van der Waals surface area contributed by atoms with Gasteiger partial charge in [-0.3, -0.25) is 4.79 Å². The number of aryl methyl sites for hydroxylation is 1. The van der Waals surface area contributed by atoms with Crippen LogP contribution in [-0.2, 0) is 6.42 Å². The van der Waals surface area contributed by atoms with Crippen LogP contribution in [0.4, 0.5) is 4.39 Å². The Morgan fingerprint density at radius 1 is 1.00 bits per heavy atom. The Balaban J connectivity index is 1.66. The van der Waals surface area contributed by atoms with Crippen LogP contribution in [-0.4, -0.2) is 19.0 Å². The van der Waals surface area contributed by atoms with Crippen molar-refractivity contribution in [1.82, 2.24) is 0 Å². The molecule has 4 heteroatoms. The molecule has 0 N–H and O–H groups in total. The fourth-order valence-electron chi connectivity index (χ4n) is 2.27. The molecule has 0 aliphatic carbocycles. The van der Waals surface area contributed by atoms with Crippen LogP contribution in [0.3, 0.4) is 0 Å². The molecule has 0 saturated carbocycles. The summed E-state index contributed by atoms with van der Waals surface area (Å²) in [7, 11) is 0. The third kappa shape index (κ3) is 3.21. The molecular formula is C17H15FO3. The van der Waals surface area contributed by atoms with Crippen LogP contribution in [0, 0.1) is 5.82 Å². The minimum Gasteiger partial charge on any atom is -0.486 e. The predicted molar refractivity (Wildman–Crippen MR) is 76.5 cm³/mol. The van der Waals surface area contributed by atoms with Gasteiger partial charge in [0.25, 0.3) is 0 Å². The molecule has 0 aromatic heterocycles. The highest BCUT2D eigenvalue weighted by molar-refractivity contribution is 5.96. The second-order valence-corrected chi connectivity index (χ2v) is 4.91. The van der Waals surface area contributed by atoms with Crippen LogP contribution < -0.4 is 9.47 Å². The molecule has 0 fully saturated rings. The highest BCUT2D eigenvalue weighted by Gasteiger charge is 2.14. The number of ether oxygens (including phenoxy) is 2. The van der Waals surface area contributed by atoms with E-state index in [0.717, 1.165) is 5.56 Å². The Labute approximate surface area is 122 Å². The molecular weight excluding hydrogens is 271 g/mol. The van der Waals surface area contributed by atoms with Gasteiger partial charge < -0.3 is 9.47 Å². The number of ketones is 1. The predicted octanol–water partition coefficient (Wildman–Crippen LogP) is 3.41. The van der Waals surface area contributed by atoms with Gasteiger partial charge in [-0.2, -0.15) is 0 Å². The van der Waals surface area contributed by atoms with Crippen LogP contribution in [0.15, 0.2) is 42.5 Å². The first kappa shape index (κ1) is 13.6. The van der Waals surface area contributed by atoms with Gasteiger partial charge in [-0.25, -0.2) is 4.39 Å². The molecule has 21 heavy (non-hydrogen) atoms. The van der Waals surface area contributed by atoms with Gasteiger partial charge in [0.15, 0.2) is 17.3 Å². The molecule has 1 aliphatic heterocycles. The second-order valence-electron chi connectivity index (χ2n) is 4.91. The zero-order valence-corrected chi connectivity index (χ0v) is 11.5. The third-order valence-corrected chi connectivity index (χ3v) is 3.42. The zero-order chi connectivity index (χ0) is 14.7. The van der Waals surface area contributed by atoms with Crippen LogP contribution in [0.2, 0.25) is 0 Å². The quantitative estimate of drug-likeness (QED) is 0.808. The van der Waals surface area contributed by atoms with Gasteiger partial charge in [-0.05, 0) is 42.3 Å². The Morgan fingerprint density at radius 2 is 1.71 bits per heavy atom. The molecule has 0 spiro atoms. The van der Waals surface area contributed by atoms with E-state index in [2.05, 4.69) is 0 Å². The lowest BCUT2D eigenvalue weighted by Gasteiger charge is -2.18. The van der Waals surface area contributed by atoms with Gasteiger partial charge in [0.05, 0.1) is 0 Å². The van der Waals surface area contributed by atoms with Crippen molar-refractivity contribution in [3.8, 4) is 11.5 Å². The van der Waals surface area contributed by atoms with Crippen LogP contribution in [0.25, 0.3) is 0 Å². The Morgan fingerprint density at radius 3 is 2.48 bits per heavy atom. The van der Waals surface area contributed by atoms with E-state index in [9.17, 15) is 9.18 Å². The van der Waals surface area contributed by atoms with Crippen molar-refractivity contribution < 1.29 is 18.7 Å². The molecule has 3 nitrogen and oxygen atoms in total. The molecule has 0 unspecified atom stereocenters. The summed E-state index contributed by atoms with van der Waals surface area (Å²) in [5.74, 6) is 1.07. The summed E-state index contributed by atoms with van der Waals surface area (Å²) >= 11 is 0. The van der Waals surface area contributed by atoms with Crippen molar-refractivity contribution in [2.24, 2.45) is 0 Å². The molecule has 1 heterocycles. The lowest BCUT2D eigenvalue weighted by atomic mass is 10.0. The smallest absolute Gasteiger partial charge is 0.163 e. The minimum absolute atomic E-state index is 0.0382. The van der Waals surface area contributed by atoms with E-state index in [1.165, 1.54) is 12.1 Å². The van der Waals surface area contributed by atoms with E-state index < -0.39 is 0 Å². The summed E-state index contributed by atoms with van der Waals surface area (Å²) in [6.45, 7) is 1.03. The summed E-state index contributed by atoms with van der Waals surface area (Å²) in [5, 5.41) is 0. The van der Waals surface area contributed by atoms with E-state index >= 15 is 0 Å². The second kappa shape index (κ2) is 5.95. The average Bonchev–Trinajstić information content (AvgIpc) is 2.53. The number of hydrogen-bond acceptors (Lipinski definition) is 3. The lowest BCUT2D eigenvalue weighted by Crippen LogP contribution is -2.15. The van der Waals surface area contributed by atoms with Crippen molar-refractivity contribution in [3.05, 3.63) is 59.4 Å². The van der Waals surface area contributed by atoms with Crippen molar-refractivity contribution in [1.29, 1.82) is 0 Å². The van der Waals surface area contributed by atoms with Gasteiger partial charge in [0.2, 0.25) is 0 Å². The van der Waals surface area contributed by atoms with Gasteiger partial charge in [0.1, 0.15) is 19.0 Å². The maximum absolute atomic E-state index is 12.8. The number of carbonyl (C=O) groups excluding carboxylic acids is 1. The van der Waals surface area contributed by atoms with Gasteiger partial charge in [0, 0.05) is 12.0 Å². The summed E-state index contributed by atoms with van der Waals surface area (Å²) in [6.07, 6.45) is 0.971. The van der Waals surface area contributed by atoms with Crippen molar-refractivity contribution in [2.75, 3.05) is 13.2 Å². The maximum atomic E-state index is 12.8. The molecule has 0 radical (unpaired) electrons. The number of Topliss-reactive ketones (excluding diaryl/α,β-unsaturated/α-hetero) is 1.